The summed E-state index contributed by atoms with van der Waals surface area (Å²) in [5, 5.41) is 7.09. The van der Waals surface area contributed by atoms with Crippen molar-refractivity contribution >= 4 is 22.9 Å². The summed E-state index contributed by atoms with van der Waals surface area (Å²) in [4.78, 5) is 46.5. The Hall–Kier alpha value is -5.14. The first-order chi connectivity index (χ1) is 21.5. The van der Waals surface area contributed by atoms with Gasteiger partial charge in [-0.15, -0.1) is 0 Å². The molecule has 14 heteroatoms. The van der Waals surface area contributed by atoms with E-state index in [2.05, 4.69) is 20.4 Å². The number of aryl methyl sites for hydroxylation is 2. The number of rotatable bonds is 11. The number of ether oxygens (including phenoxy) is 1. The predicted octanol–water partition coefficient (Wildman–Crippen LogP) is 4.89. The van der Waals surface area contributed by atoms with Gasteiger partial charge in [0.1, 0.15) is 23.6 Å². The van der Waals surface area contributed by atoms with Crippen molar-refractivity contribution in [3.63, 3.8) is 0 Å². The van der Waals surface area contributed by atoms with Gasteiger partial charge in [-0.25, -0.2) is 9.78 Å². The van der Waals surface area contributed by atoms with Crippen molar-refractivity contribution < 1.29 is 22.7 Å². The highest BCUT2D eigenvalue weighted by molar-refractivity contribution is 5.92. The lowest BCUT2D eigenvalue weighted by Gasteiger charge is -2.13. The normalized spacial score (nSPS) is 11.7. The van der Waals surface area contributed by atoms with Crippen molar-refractivity contribution in [2.45, 2.75) is 59.0 Å². The van der Waals surface area contributed by atoms with Crippen LogP contribution in [0.25, 0.3) is 22.7 Å². The number of aromatic nitrogens is 6. The summed E-state index contributed by atoms with van der Waals surface area (Å²) in [6, 6.07) is 13.3. The molecule has 0 fully saturated rings. The molecule has 236 valence electrons. The van der Waals surface area contributed by atoms with E-state index in [1.54, 1.807) is 37.4 Å². The third-order valence-corrected chi connectivity index (χ3v) is 7.15. The van der Waals surface area contributed by atoms with Crippen molar-refractivity contribution in [3.8, 4) is 17.3 Å². The van der Waals surface area contributed by atoms with Gasteiger partial charge in [-0.3, -0.25) is 23.4 Å². The van der Waals surface area contributed by atoms with E-state index in [9.17, 15) is 27.6 Å². The van der Waals surface area contributed by atoms with Gasteiger partial charge in [0, 0.05) is 31.8 Å². The summed E-state index contributed by atoms with van der Waals surface area (Å²) in [7, 11) is 1.67. The highest BCUT2D eigenvalue weighted by Crippen LogP contribution is 2.32. The number of aromatic amines is 1. The van der Waals surface area contributed by atoms with Crippen LogP contribution < -0.4 is 21.3 Å². The largest absolute Gasteiger partial charge is 0.489 e. The summed E-state index contributed by atoms with van der Waals surface area (Å²) < 4.78 is 49.5. The van der Waals surface area contributed by atoms with Gasteiger partial charge in [0.15, 0.2) is 17.3 Å². The Morgan fingerprint density at radius 3 is 2.38 bits per heavy atom. The van der Waals surface area contributed by atoms with E-state index >= 15 is 0 Å². The molecule has 5 aromatic rings. The van der Waals surface area contributed by atoms with E-state index in [4.69, 9.17) is 4.74 Å². The number of fused-ring (bicyclic) bond motifs is 1. The average Bonchev–Trinajstić information content (AvgIpc) is 3.60. The summed E-state index contributed by atoms with van der Waals surface area (Å²) in [6.07, 6.45) is -3.17. The molecule has 1 amide bonds. The van der Waals surface area contributed by atoms with Crippen LogP contribution in [0.4, 0.5) is 19.0 Å². The quantitative estimate of drug-likeness (QED) is 0.216. The van der Waals surface area contributed by atoms with Gasteiger partial charge in [-0.2, -0.15) is 18.3 Å². The van der Waals surface area contributed by atoms with Crippen molar-refractivity contribution in [2.24, 2.45) is 7.05 Å². The highest BCUT2D eigenvalue weighted by Gasteiger charge is 2.33. The summed E-state index contributed by atoms with van der Waals surface area (Å²) in [5.74, 6) is 0.596. The minimum Gasteiger partial charge on any atom is -0.489 e. The fourth-order valence-corrected chi connectivity index (χ4v) is 5.04. The Morgan fingerprint density at radius 1 is 1.00 bits per heavy atom. The molecule has 0 atom stereocenters. The highest BCUT2D eigenvalue weighted by atomic mass is 19.4. The minimum atomic E-state index is -4.48. The molecule has 45 heavy (non-hydrogen) atoms. The number of imidazole rings is 1. The van der Waals surface area contributed by atoms with Gasteiger partial charge in [-0.1, -0.05) is 44.2 Å². The van der Waals surface area contributed by atoms with E-state index in [1.165, 1.54) is 32.0 Å². The van der Waals surface area contributed by atoms with Gasteiger partial charge in [0.2, 0.25) is 5.91 Å². The second-order valence-electron chi connectivity index (χ2n) is 10.5. The zero-order chi connectivity index (χ0) is 32.3. The Balaban J connectivity index is 1.27. The zero-order valence-electron chi connectivity index (χ0n) is 24.9. The molecule has 5 rings (SSSR count). The van der Waals surface area contributed by atoms with E-state index in [1.807, 2.05) is 13.8 Å². The van der Waals surface area contributed by atoms with Crippen LogP contribution in [0.3, 0.4) is 0 Å². The second kappa shape index (κ2) is 12.8. The summed E-state index contributed by atoms with van der Waals surface area (Å²) >= 11 is 0. The number of benzene rings is 2. The van der Waals surface area contributed by atoms with Gasteiger partial charge in [-0.05, 0) is 36.6 Å². The van der Waals surface area contributed by atoms with Crippen molar-refractivity contribution in [1.29, 1.82) is 0 Å². The molecule has 3 heterocycles. The van der Waals surface area contributed by atoms with Crippen LogP contribution in [-0.2, 0) is 44.1 Å². The first kappa shape index (κ1) is 31.3. The van der Waals surface area contributed by atoms with E-state index in [0.717, 1.165) is 6.07 Å². The molecule has 0 saturated heterocycles. The Kier molecular flexibility index (Phi) is 8.93. The van der Waals surface area contributed by atoms with Crippen LogP contribution in [-0.4, -0.2) is 34.8 Å². The number of carbonyl (C=O) groups is 1. The van der Waals surface area contributed by atoms with Crippen LogP contribution in [0.15, 0.2) is 64.2 Å². The second-order valence-corrected chi connectivity index (χ2v) is 10.5. The van der Waals surface area contributed by atoms with Crippen LogP contribution >= 0.6 is 0 Å². The molecule has 0 bridgehead atoms. The molecule has 0 aliphatic rings. The third-order valence-electron chi connectivity index (χ3n) is 7.15. The maximum atomic E-state index is 13.2. The molecule has 0 aliphatic heterocycles. The average molecular weight is 624 g/mol. The van der Waals surface area contributed by atoms with Gasteiger partial charge < -0.3 is 15.0 Å². The topological polar surface area (TPSA) is 129 Å². The van der Waals surface area contributed by atoms with Crippen molar-refractivity contribution in [2.75, 3.05) is 5.32 Å². The first-order valence-electron chi connectivity index (χ1n) is 14.4. The summed E-state index contributed by atoms with van der Waals surface area (Å²) in [5.41, 5.74) is 0.0549. The van der Waals surface area contributed by atoms with Gasteiger partial charge >= 0.3 is 11.9 Å². The van der Waals surface area contributed by atoms with E-state index in [-0.39, 0.29) is 41.5 Å². The van der Waals surface area contributed by atoms with Crippen molar-refractivity contribution in [3.05, 3.63) is 92.1 Å². The molecule has 3 aromatic heterocycles. The molecule has 2 N–H and O–H groups in total. The monoisotopic (exact) mass is 623 g/mol. The number of carbonyl (C=O) groups excluding carboxylic acids is 1. The summed E-state index contributed by atoms with van der Waals surface area (Å²) in [6.45, 7) is 4.25. The molecule has 0 saturated carbocycles. The molecule has 0 aliphatic carbocycles. The number of hydrogen-bond acceptors (Lipinski definition) is 6. The smallest absolute Gasteiger partial charge is 0.416 e. The van der Waals surface area contributed by atoms with Gasteiger partial charge in [0.25, 0.3) is 5.56 Å². The number of nitrogens with one attached hydrogen (secondary N) is 2. The Morgan fingerprint density at radius 2 is 1.69 bits per heavy atom. The molecule has 0 unspecified atom stereocenters. The molecular weight excluding hydrogens is 591 g/mol. The van der Waals surface area contributed by atoms with Crippen LogP contribution in [0.2, 0.25) is 0 Å². The molecule has 11 nitrogen and oxygen atoms in total. The van der Waals surface area contributed by atoms with Gasteiger partial charge in [0.05, 0.1) is 12.0 Å². The fraction of sp³-hybridized carbons (Fsp3) is 0.323. The molecular formula is C31H32F3N7O4. The molecule has 0 spiro atoms. The standard InChI is InChI=1S/C31H32F3N7O4/c1-4-14-40-28-26(29(43)41(15-5-2)30(40)44)36-27(37-28)23-17-24(38-39(23)3)35-25(42)16-19-10-12-21(13-11-19)45-18-20-8-6-7-9-22(20)31(32,33)34/h6-13,17H,4-5,14-16,18H2,1-3H3,(H,36,37)(H,35,38,42). The minimum absolute atomic E-state index is 0.00793. The third kappa shape index (κ3) is 6.69. The number of anilines is 1. The number of halogens is 3. The fourth-order valence-electron chi connectivity index (χ4n) is 5.04. The Labute approximate surface area is 255 Å². The first-order valence-corrected chi connectivity index (χ1v) is 14.4. The van der Waals surface area contributed by atoms with Crippen LogP contribution in [0.5, 0.6) is 5.75 Å². The maximum Gasteiger partial charge on any atom is 0.416 e. The van der Waals surface area contributed by atoms with E-state index in [0.29, 0.717) is 48.8 Å². The number of H-pyrrole nitrogens is 1. The number of alkyl halides is 3. The Bertz CT molecular complexity index is 1950. The molecule has 2 aromatic carbocycles. The van der Waals surface area contributed by atoms with E-state index < -0.39 is 23.0 Å². The zero-order valence-corrected chi connectivity index (χ0v) is 24.9. The predicted molar refractivity (Wildman–Crippen MR) is 162 cm³/mol. The van der Waals surface area contributed by atoms with Crippen LogP contribution in [0, 0.1) is 0 Å². The van der Waals surface area contributed by atoms with Crippen molar-refractivity contribution in [1.82, 2.24) is 28.9 Å². The lowest BCUT2D eigenvalue weighted by molar-refractivity contribution is -0.138. The number of hydrogen-bond donors (Lipinski definition) is 2. The number of amides is 1. The lowest BCUT2D eigenvalue weighted by atomic mass is 10.1. The number of nitrogens with zero attached hydrogens (tertiary/aromatic N) is 5. The molecule has 0 radical (unpaired) electrons. The van der Waals surface area contributed by atoms with Crippen LogP contribution in [0.1, 0.15) is 43.4 Å². The maximum absolute atomic E-state index is 13.2. The lowest BCUT2D eigenvalue weighted by Crippen LogP contribution is -2.40. The SMILES string of the molecule is CCCn1c(=O)c2[nH]c(-c3cc(NC(=O)Cc4ccc(OCc5ccccc5C(F)(F)F)cc4)nn3C)nc2n(CCC)c1=O.